The fourth-order valence-corrected chi connectivity index (χ4v) is 2.88. The Bertz CT molecular complexity index is 1170. The fourth-order valence-electron chi connectivity index (χ4n) is 2.66. The van der Waals surface area contributed by atoms with Gasteiger partial charge in [-0.05, 0) is 42.5 Å². The molecule has 0 heterocycles. The quantitative estimate of drug-likeness (QED) is 0.307. The zero-order chi connectivity index (χ0) is 24.3. The highest BCUT2D eigenvalue weighted by Crippen LogP contribution is 2.36. The van der Waals surface area contributed by atoms with Gasteiger partial charge in [-0.1, -0.05) is 17.7 Å². The van der Waals surface area contributed by atoms with Gasteiger partial charge in [0, 0.05) is 6.07 Å². The van der Waals surface area contributed by atoms with Crippen molar-refractivity contribution in [3.05, 3.63) is 88.2 Å². The number of ether oxygens (including phenoxy) is 1. The Morgan fingerprint density at radius 1 is 0.970 bits per heavy atom. The molecule has 0 aliphatic carbocycles. The lowest BCUT2D eigenvalue weighted by Gasteiger charge is -2.17. The van der Waals surface area contributed by atoms with E-state index in [1.807, 2.05) is 5.32 Å². The summed E-state index contributed by atoms with van der Waals surface area (Å²) < 4.78 is 85.0. The van der Waals surface area contributed by atoms with Crippen molar-refractivity contribution in [2.24, 2.45) is 0 Å². The molecule has 3 aromatic rings. The van der Waals surface area contributed by atoms with E-state index in [4.69, 9.17) is 16.3 Å². The average molecular weight is 491 g/mol. The third-order valence-electron chi connectivity index (χ3n) is 4.18. The summed E-state index contributed by atoms with van der Waals surface area (Å²) >= 11 is 5.79. The normalized spacial score (nSPS) is 12.2. The molecule has 0 saturated carbocycles. The van der Waals surface area contributed by atoms with Crippen molar-refractivity contribution in [2.75, 3.05) is 5.32 Å². The topological polar surface area (TPSA) is 70.6 Å². The molecule has 0 radical (unpaired) electrons. The van der Waals surface area contributed by atoms with Crippen molar-refractivity contribution in [2.45, 2.75) is 12.5 Å². The first-order valence-electron chi connectivity index (χ1n) is 8.99. The lowest BCUT2D eigenvalue weighted by atomic mass is 10.2. The van der Waals surface area contributed by atoms with Crippen molar-refractivity contribution in [1.29, 1.82) is 0 Å². The van der Waals surface area contributed by atoms with Gasteiger partial charge in [0.2, 0.25) is 6.35 Å². The van der Waals surface area contributed by atoms with Gasteiger partial charge in [-0.2, -0.15) is 13.2 Å². The standard InChI is InChI=1S/C21H13ClF6N2O3/c22-12-8-10(21(26,27)28)4-7-17(12)33-11-5-6-16(15(25)9-11)29-20(32)30-19(31)18-13(23)2-1-3-14(18)24/h1-9,20,29,32H,(H,30,31). The molecular weight excluding hydrogens is 478 g/mol. The molecule has 3 aromatic carbocycles. The number of amides is 1. The third-order valence-corrected chi connectivity index (χ3v) is 4.47. The van der Waals surface area contributed by atoms with Crippen molar-refractivity contribution in [3.63, 3.8) is 0 Å². The van der Waals surface area contributed by atoms with Crippen LogP contribution in [-0.2, 0) is 6.18 Å². The van der Waals surface area contributed by atoms with Crippen molar-refractivity contribution >= 4 is 23.2 Å². The van der Waals surface area contributed by atoms with E-state index in [0.717, 1.165) is 42.5 Å². The molecule has 1 atom stereocenters. The smallest absolute Gasteiger partial charge is 0.416 e. The van der Waals surface area contributed by atoms with Gasteiger partial charge in [-0.15, -0.1) is 0 Å². The predicted octanol–water partition coefficient (Wildman–Crippen LogP) is 5.69. The van der Waals surface area contributed by atoms with Crippen LogP contribution in [0.4, 0.5) is 32.0 Å². The summed E-state index contributed by atoms with van der Waals surface area (Å²) in [4.78, 5) is 12.0. The molecule has 0 aromatic heterocycles. The van der Waals surface area contributed by atoms with Crippen molar-refractivity contribution < 1.29 is 41.0 Å². The van der Waals surface area contributed by atoms with Gasteiger partial charge in [-0.25, -0.2) is 13.2 Å². The summed E-state index contributed by atoms with van der Waals surface area (Å²) in [6.45, 7) is 0. The van der Waals surface area contributed by atoms with E-state index in [-0.39, 0.29) is 22.2 Å². The zero-order valence-electron chi connectivity index (χ0n) is 16.2. The number of aliphatic hydroxyl groups excluding tert-OH is 1. The molecule has 1 amide bonds. The molecule has 174 valence electrons. The van der Waals surface area contributed by atoms with Gasteiger partial charge in [0.25, 0.3) is 5.91 Å². The van der Waals surface area contributed by atoms with Crippen LogP contribution in [0, 0.1) is 17.5 Å². The largest absolute Gasteiger partial charge is 0.456 e. The molecule has 1 unspecified atom stereocenters. The highest BCUT2D eigenvalue weighted by molar-refractivity contribution is 6.32. The van der Waals surface area contributed by atoms with Crippen LogP contribution in [-0.4, -0.2) is 17.4 Å². The summed E-state index contributed by atoms with van der Waals surface area (Å²) in [6.07, 6.45) is -6.53. The lowest BCUT2D eigenvalue weighted by molar-refractivity contribution is -0.137. The summed E-state index contributed by atoms with van der Waals surface area (Å²) in [6, 6.07) is 8.22. The second kappa shape index (κ2) is 9.59. The number of nitrogens with one attached hydrogen (secondary N) is 2. The van der Waals surface area contributed by atoms with Crippen molar-refractivity contribution in [3.8, 4) is 11.5 Å². The minimum Gasteiger partial charge on any atom is -0.456 e. The SMILES string of the molecule is O=C(NC(O)Nc1ccc(Oc2ccc(C(F)(F)F)cc2Cl)cc1F)c1c(F)cccc1F. The first-order valence-corrected chi connectivity index (χ1v) is 9.37. The minimum absolute atomic E-state index is 0.133. The van der Waals surface area contributed by atoms with Crippen LogP contribution in [0.1, 0.15) is 15.9 Å². The van der Waals surface area contributed by atoms with E-state index in [0.29, 0.717) is 6.07 Å². The van der Waals surface area contributed by atoms with Gasteiger partial charge in [0.05, 0.1) is 16.3 Å². The van der Waals surface area contributed by atoms with Gasteiger partial charge in [-0.3, -0.25) is 4.79 Å². The van der Waals surface area contributed by atoms with Crippen LogP contribution < -0.4 is 15.4 Å². The van der Waals surface area contributed by atoms with Crippen molar-refractivity contribution in [1.82, 2.24) is 5.32 Å². The Hall–Kier alpha value is -3.44. The third kappa shape index (κ3) is 5.88. The van der Waals surface area contributed by atoms with E-state index >= 15 is 0 Å². The maximum atomic E-state index is 14.4. The molecule has 3 rings (SSSR count). The molecule has 3 N–H and O–H groups in total. The van der Waals surface area contributed by atoms with E-state index in [1.165, 1.54) is 6.07 Å². The van der Waals surface area contributed by atoms with E-state index in [1.54, 1.807) is 0 Å². The van der Waals surface area contributed by atoms with Gasteiger partial charge in [0.1, 0.15) is 34.5 Å². The number of carbonyl (C=O) groups excluding carboxylic acids is 1. The number of benzene rings is 3. The first-order chi connectivity index (χ1) is 15.5. The lowest BCUT2D eigenvalue weighted by Crippen LogP contribution is -2.41. The van der Waals surface area contributed by atoms with E-state index in [9.17, 15) is 36.2 Å². The maximum Gasteiger partial charge on any atom is 0.416 e. The summed E-state index contributed by atoms with van der Waals surface area (Å²) in [5, 5.41) is 13.5. The Balaban J connectivity index is 1.68. The van der Waals surface area contributed by atoms with Gasteiger partial charge < -0.3 is 20.5 Å². The van der Waals surface area contributed by atoms with Crippen LogP contribution in [0.15, 0.2) is 54.6 Å². The second-order valence-corrected chi connectivity index (χ2v) is 6.91. The Labute approximate surface area is 187 Å². The van der Waals surface area contributed by atoms with Gasteiger partial charge in [0.15, 0.2) is 0 Å². The number of alkyl halides is 3. The highest BCUT2D eigenvalue weighted by Gasteiger charge is 2.31. The number of hydrogen-bond donors (Lipinski definition) is 3. The monoisotopic (exact) mass is 490 g/mol. The van der Waals surface area contributed by atoms with Crippen LogP contribution in [0.25, 0.3) is 0 Å². The maximum absolute atomic E-state index is 14.4. The molecule has 0 saturated heterocycles. The summed E-state index contributed by atoms with van der Waals surface area (Å²) in [7, 11) is 0. The first kappa shape index (κ1) is 24.2. The number of rotatable bonds is 6. The second-order valence-electron chi connectivity index (χ2n) is 6.50. The van der Waals surface area contributed by atoms with Gasteiger partial charge >= 0.3 is 6.18 Å². The molecule has 0 aliphatic heterocycles. The summed E-state index contributed by atoms with van der Waals surface area (Å²) in [5.41, 5.74) is -2.25. The number of aliphatic hydroxyl groups is 1. The molecule has 12 heteroatoms. The molecular formula is C21H13ClF6N2O3. The Kier molecular flexibility index (Phi) is 7.04. The van der Waals surface area contributed by atoms with Crippen LogP contribution in [0.2, 0.25) is 5.02 Å². The number of halogens is 7. The van der Waals surface area contributed by atoms with E-state index < -0.39 is 47.0 Å². The Morgan fingerprint density at radius 2 is 1.64 bits per heavy atom. The molecule has 5 nitrogen and oxygen atoms in total. The predicted molar refractivity (Wildman–Crippen MR) is 106 cm³/mol. The molecule has 0 bridgehead atoms. The number of carbonyl (C=O) groups is 1. The molecule has 0 aliphatic rings. The van der Waals surface area contributed by atoms with Crippen LogP contribution in [0.3, 0.4) is 0 Å². The zero-order valence-corrected chi connectivity index (χ0v) is 16.9. The Morgan fingerprint density at radius 3 is 2.21 bits per heavy atom. The average Bonchev–Trinajstić information content (AvgIpc) is 2.70. The minimum atomic E-state index is -4.60. The number of hydrogen-bond acceptors (Lipinski definition) is 4. The molecule has 33 heavy (non-hydrogen) atoms. The highest BCUT2D eigenvalue weighted by atomic mass is 35.5. The molecule has 0 spiro atoms. The van der Waals surface area contributed by atoms with Crippen LogP contribution in [0.5, 0.6) is 11.5 Å². The summed E-state index contributed by atoms with van der Waals surface area (Å²) in [5.74, 6) is -4.89. The number of anilines is 1. The molecule has 0 fully saturated rings. The van der Waals surface area contributed by atoms with Crippen LogP contribution >= 0.6 is 11.6 Å². The fraction of sp³-hybridized carbons (Fsp3) is 0.0952. The van der Waals surface area contributed by atoms with E-state index in [2.05, 4.69) is 5.32 Å².